The molecule has 2 aliphatic heterocycles. The van der Waals surface area contributed by atoms with Crippen molar-refractivity contribution >= 4 is 5.97 Å². The lowest BCUT2D eigenvalue weighted by molar-refractivity contribution is -0.284. The van der Waals surface area contributed by atoms with E-state index in [1.165, 1.54) is 0 Å². The summed E-state index contributed by atoms with van der Waals surface area (Å²) in [7, 11) is 0. The lowest BCUT2D eigenvalue weighted by Gasteiger charge is -2.43. The number of hydrogen-bond donors (Lipinski definition) is 1. The normalized spacial score (nSPS) is 27.4. The first-order valence-electron chi connectivity index (χ1n) is 12.2. The number of aliphatic hydroxyl groups excluding tert-OH is 1. The number of carbonyl (C=O) groups excluding carboxylic acids is 1. The molecule has 7 heteroatoms. The maximum absolute atomic E-state index is 12.3. The molecule has 0 bridgehead atoms. The summed E-state index contributed by atoms with van der Waals surface area (Å²) in [4.78, 5) is 12.3. The summed E-state index contributed by atoms with van der Waals surface area (Å²) in [5.74, 6) is -1.43. The molecule has 36 heavy (non-hydrogen) atoms. The van der Waals surface area contributed by atoms with E-state index in [9.17, 15) is 9.90 Å². The van der Waals surface area contributed by atoms with Crippen molar-refractivity contribution < 1.29 is 33.6 Å². The molecule has 6 atom stereocenters. The molecule has 1 N–H and O–H groups in total. The van der Waals surface area contributed by atoms with Crippen molar-refractivity contribution in [3.05, 3.63) is 108 Å². The highest BCUT2D eigenvalue weighted by atomic mass is 16.7. The Morgan fingerprint density at radius 1 is 0.694 bits per heavy atom. The van der Waals surface area contributed by atoms with Gasteiger partial charge in [0.1, 0.15) is 12.2 Å². The molecule has 5 rings (SSSR count). The van der Waals surface area contributed by atoms with Crippen LogP contribution in [0, 0.1) is 5.92 Å². The van der Waals surface area contributed by atoms with Gasteiger partial charge < -0.3 is 28.8 Å². The largest absolute Gasteiger partial charge is 0.433 e. The first kappa shape index (κ1) is 24.6. The van der Waals surface area contributed by atoms with Crippen LogP contribution >= 0.6 is 0 Å². The highest BCUT2D eigenvalue weighted by Crippen LogP contribution is 2.38. The van der Waals surface area contributed by atoms with Gasteiger partial charge in [0.05, 0.1) is 38.4 Å². The standard InChI is InChI=1S/C29H30O7/c30-25-24-27(34-18-22-14-8-3-9-15-22)26(33-17-21-12-6-2-7-13-21)23(35-29(24)36-28(25)31)19-32-16-20-10-4-1-5-11-20/h1-15,23-27,29-30H,16-19H2/t23-,24-,25+,26-,27-,29-/m1/s1. The minimum absolute atomic E-state index is 0.205. The molecule has 0 aliphatic carbocycles. The number of rotatable bonds is 10. The summed E-state index contributed by atoms with van der Waals surface area (Å²) >= 11 is 0. The summed E-state index contributed by atoms with van der Waals surface area (Å²) in [6.07, 6.45) is -4.12. The van der Waals surface area contributed by atoms with Crippen molar-refractivity contribution in [3.63, 3.8) is 0 Å². The highest BCUT2D eigenvalue weighted by Gasteiger charge is 2.57. The molecule has 0 aromatic heterocycles. The molecule has 0 saturated carbocycles. The Kier molecular flexibility index (Phi) is 8.05. The number of esters is 1. The summed E-state index contributed by atoms with van der Waals surface area (Å²) in [5, 5.41) is 10.7. The lowest BCUT2D eigenvalue weighted by atomic mass is 9.87. The minimum atomic E-state index is -1.36. The van der Waals surface area contributed by atoms with Crippen LogP contribution in [-0.2, 0) is 48.3 Å². The Bertz CT molecular complexity index is 1090. The van der Waals surface area contributed by atoms with Crippen LogP contribution in [0.25, 0.3) is 0 Å². The van der Waals surface area contributed by atoms with E-state index >= 15 is 0 Å². The van der Waals surface area contributed by atoms with Gasteiger partial charge in [-0.25, -0.2) is 4.79 Å². The van der Waals surface area contributed by atoms with Crippen LogP contribution in [0.5, 0.6) is 0 Å². The van der Waals surface area contributed by atoms with Crippen molar-refractivity contribution in [2.75, 3.05) is 6.61 Å². The zero-order chi connectivity index (χ0) is 24.7. The predicted octanol–water partition coefficient (Wildman–Crippen LogP) is 3.63. The molecule has 2 fully saturated rings. The molecule has 3 aromatic rings. The molecule has 188 valence electrons. The summed E-state index contributed by atoms with van der Waals surface area (Å²) in [5.41, 5.74) is 3.00. The van der Waals surface area contributed by atoms with Gasteiger partial charge in [-0.05, 0) is 16.7 Å². The van der Waals surface area contributed by atoms with Gasteiger partial charge in [0.15, 0.2) is 6.10 Å². The van der Waals surface area contributed by atoms with Crippen LogP contribution in [-0.4, -0.2) is 48.4 Å². The third-order valence-corrected chi connectivity index (χ3v) is 6.50. The summed E-state index contributed by atoms with van der Waals surface area (Å²) in [6, 6.07) is 29.4. The number of ether oxygens (including phenoxy) is 5. The van der Waals surface area contributed by atoms with Crippen LogP contribution < -0.4 is 0 Å². The molecule has 7 nitrogen and oxygen atoms in total. The second-order valence-electron chi connectivity index (χ2n) is 9.03. The third-order valence-electron chi connectivity index (χ3n) is 6.50. The number of hydrogen-bond acceptors (Lipinski definition) is 7. The van der Waals surface area contributed by atoms with Crippen LogP contribution in [0.1, 0.15) is 16.7 Å². The topological polar surface area (TPSA) is 83.5 Å². The Hall–Kier alpha value is -3.07. The first-order valence-corrected chi connectivity index (χ1v) is 12.2. The Balaban J connectivity index is 1.36. The van der Waals surface area contributed by atoms with E-state index in [-0.39, 0.29) is 6.61 Å². The van der Waals surface area contributed by atoms with Gasteiger partial charge in [-0.1, -0.05) is 91.0 Å². The molecule has 0 spiro atoms. The molecule has 3 aromatic carbocycles. The minimum Gasteiger partial charge on any atom is -0.433 e. The third kappa shape index (κ3) is 5.83. The van der Waals surface area contributed by atoms with Crippen molar-refractivity contribution in [3.8, 4) is 0 Å². The Morgan fingerprint density at radius 3 is 1.75 bits per heavy atom. The fourth-order valence-corrected chi connectivity index (χ4v) is 4.64. The molecule has 0 amide bonds. The Morgan fingerprint density at radius 2 is 1.19 bits per heavy atom. The molecular weight excluding hydrogens is 460 g/mol. The van der Waals surface area contributed by atoms with Crippen LogP contribution in [0.15, 0.2) is 91.0 Å². The van der Waals surface area contributed by atoms with Gasteiger partial charge in [0.2, 0.25) is 6.29 Å². The highest BCUT2D eigenvalue weighted by molar-refractivity contribution is 5.77. The molecule has 2 aliphatic rings. The fraction of sp³-hybridized carbons (Fsp3) is 0.345. The SMILES string of the molecule is O=C1O[C@H]2O[C@H](COCc3ccccc3)[C@@H](OCc3ccccc3)[C@H](OCc3ccccc3)[C@H]2[C@@H]1O. The lowest BCUT2D eigenvalue weighted by Crippen LogP contribution is -2.58. The first-order chi connectivity index (χ1) is 17.7. The Labute approximate surface area is 210 Å². The number of benzene rings is 3. The number of fused-ring (bicyclic) bond motifs is 1. The van der Waals surface area contributed by atoms with Gasteiger partial charge >= 0.3 is 5.97 Å². The van der Waals surface area contributed by atoms with Gasteiger partial charge in [0.25, 0.3) is 0 Å². The van der Waals surface area contributed by atoms with E-state index in [1.54, 1.807) is 0 Å². The zero-order valence-corrected chi connectivity index (χ0v) is 19.8. The van der Waals surface area contributed by atoms with E-state index in [0.717, 1.165) is 16.7 Å². The van der Waals surface area contributed by atoms with Gasteiger partial charge in [-0.2, -0.15) is 0 Å². The van der Waals surface area contributed by atoms with Crippen LogP contribution in [0.2, 0.25) is 0 Å². The average molecular weight is 491 g/mol. The van der Waals surface area contributed by atoms with Crippen molar-refractivity contribution in [1.82, 2.24) is 0 Å². The van der Waals surface area contributed by atoms with E-state index in [0.29, 0.717) is 19.8 Å². The smallest absolute Gasteiger partial charge is 0.337 e. The number of aliphatic hydroxyl groups is 1. The van der Waals surface area contributed by atoms with Crippen molar-refractivity contribution in [2.45, 2.75) is 50.5 Å². The van der Waals surface area contributed by atoms with Crippen LogP contribution in [0.3, 0.4) is 0 Å². The molecule has 2 saturated heterocycles. The maximum atomic E-state index is 12.3. The van der Waals surface area contributed by atoms with Gasteiger partial charge in [0, 0.05) is 0 Å². The van der Waals surface area contributed by atoms with Gasteiger partial charge in [-0.3, -0.25) is 0 Å². The van der Waals surface area contributed by atoms with Crippen molar-refractivity contribution in [2.24, 2.45) is 5.92 Å². The van der Waals surface area contributed by atoms with E-state index in [1.807, 2.05) is 91.0 Å². The quantitative estimate of drug-likeness (QED) is 0.435. The summed E-state index contributed by atoms with van der Waals surface area (Å²) in [6.45, 7) is 1.21. The molecular formula is C29H30O7. The molecule has 0 radical (unpaired) electrons. The monoisotopic (exact) mass is 490 g/mol. The number of carbonyl (C=O) groups is 1. The van der Waals surface area contributed by atoms with Crippen molar-refractivity contribution in [1.29, 1.82) is 0 Å². The van der Waals surface area contributed by atoms with Crippen LogP contribution in [0.4, 0.5) is 0 Å². The molecule has 0 unspecified atom stereocenters. The van der Waals surface area contributed by atoms with E-state index in [4.69, 9.17) is 23.7 Å². The molecule has 2 heterocycles. The second kappa shape index (κ2) is 11.8. The summed E-state index contributed by atoms with van der Waals surface area (Å²) < 4.78 is 30.2. The second-order valence-corrected chi connectivity index (χ2v) is 9.03. The van der Waals surface area contributed by atoms with E-state index < -0.39 is 42.6 Å². The van der Waals surface area contributed by atoms with Gasteiger partial charge in [-0.15, -0.1) is 0 Å². The average Bonchev–Trinajstić information content (AvgIpc) is 3.21. The fourth-order valence-electron chi connectivity index (χ4n) is 4.64. The zero-order valence-electron chi connectivity index (χ0n) is 19.8. The maximum Gasteiger partial charge on any atom is 0.337 e. The predicted molar refractivity (Wildman–Crippen MR) is 130 cm³/mol. The van der Waals surface area contributed by atoms with E-state index in [2.05, 4.69) is 0 Å².